The number of likely N-dealkylation sites (N-methyl/N-ethyl adjacent to an activating group) is 1. The molecule has 2 aliphatic heterocycles. The molecule has 202 valence electrons. The van der Waals surface area contributed by atoms with Gasteiger partial charge in [-0.1, -0.05) is 36.2 Å². The lowest BCUT2D eigenvalue weighted by molar-refractivity contribution is -0.142. The van der Waals surface area contributed by atoms with Gasteiger partial charge in [0.05, 0.1) is 16.1 Å². The number of nitrogens with zero attached hydrogens (tertiary/aromatic N) is 3. The van der Waals surface area contributed by atoms with Crippen LogP contribution in [0.2, 0.25) is 10.0 Å². The molecule has 3 amide bonds. The Labute approximate surface area is 232 Å². The Hall–Kier alpha value is -2.64. The summed E-state index contributed by atoms with van der Waals surface area (Å²) in [6, 6.07) is 10.6. The molecule has 3 aliphatic rings. The molecule has 2 saturated heterocycles. The molecule has 1 saturated carbocycles. The third-order valence-electron chi connectivity index (χ3n) is 8.53. The summed E-state index contributed by atoms with van der Waals surface area (Å²) in [6.07, 6.45) is 3.17. The Balaban J connectivity index is 1.33. The molecule has 0 radical (unpaired) electrons. The second kappa shape index (κ2) is 10.5. The molecule has 1 aliphatic carbocycles. The van der Waals surface area contributed by atoms with Crippen molar-refractivity contribution in [3.63, 3.8) is 0 Å². The Kier molecular flexibility index (Phi) is 7.44. The van der Waals surface area contributed by atoms with Crippen LogP contribution in [0.3, 0.4) is 0 Å². The van der Waals surface area contributed by atoms with Gasteiger partial charge >= 0.3 is 0 Å². The van der Waals surface area contributed by atoms with Gasteiger partial charge in [0.25, 0.3) is 5.91 Å². The van der Waals surface area contributed by atoms with Gasteiger partial charge in [-0.05, 0) is 67.6 Å². The fourth-order valence-electron chi connectivity index (χ4n) is 5.75. The van der Waals surface area contributed by atoms with E-state index in [0.717, 1.165) is 18.4 Å². The number of carbonyl (C=O) groups is 3. The fourth-order valence-corrected chi connectivity index (χ4v) is 6.05. The predicted octanol–water partition coefficient (Wildman–Crippen LogP) is 5.24. The van der Waals surface area contributed by atoms with E-state index in [1.54, 1.807) is 24.1 Å². The van der Waals surface area contributed by atoms with Crippen molar-refractivity contribution in [3.8, 4) is 0 Å². The van der Waals surface area contributed by atoms with Gasteiger partial charge in [0.15, 0.2) is 0 Å². The van der Waals surface area contributed by atoms with Gasteiger partial charge in [-0.3, -0.25) is 14.4 Å². The van der Waals surface area contributed by atoms with Crippen molar-refractivity contribution in [2.24, 2.45) is 11.3 Å². The van der Waals surface area contributed by atoms with Crippen LogP contribution in [0, 0.1) is 17.2 Å². The maximum atomic E-state index is 13.7. The molecule has 3 fully saturated rings. The van der Waals surface area contributed by atoms with Crippen molar-refractivity contribution in [1.29, 1.82) is 0 Å². The van der Waals surface area contributed by atoms with E-state index in [0.29, 0.717) is 54.6 Å². The van der Waals surface area contributed by atoms with E-state index >= 15 is 0 Å². The Morgan fingerprint density at radius 2 is 1.61 bits per heavy atom. The van der Waals surface area contributed by atoms with Crippen molar-refractivity contribution in [2.75, 3.05) is 33.2 Å². The summed E-state index contributed by atoms with van der Waals surface area (Å²) in [5.41, 5.74) is 1.08. The third kappa shape index (κ3) is 5.28. The highest BCUT2D eigenvalue weighted by molar-refractivity contribution is 6.42. The van der Waals surface area contributed by atoms with Crippen LogP contribution >= 0.6 is 23.2 Å². The molecule has 0 N–H and O–H groups in total. The van der Waals surface area contributed by atoms with Crippen LogP contribution in [-0.2, 0) is 9.59 Å². The Morgan fingerprint density at radius 1 is 0.947 bits per heavy atom. The number of likely N-dealkylation sites (tertiary alicyclic amines) is 2. The monoisotopic (exact) mass is 559 g/mol. The number of benzene rings is 2. The number of hydrogen-bond donors (Lipinski definition) is 0. The molecule has 9 heteroatoms. The summed E-state index contributed by atoms with van der Waals surface area (Å²) in [4.78, 5) is 45.1. The first-order chi connectivity index (χ1) is 18.1. The van der Waals surface area contributed by atoms with E-state index in [1.807, 2.05) is 22.8 Å². The summed E-state index contributed by atoms with van der Waals surface area (Å²) in [6.45, 7) is 4.04. The van der Waals surface area contributed by atoms with Crippen molar-refractivity contribution in [3.05, 3.63) is 69.5 Å². The Morgan fingerprint density at radius 3 is 2.21 bits per heavy atom. The highest BCUT2D eigenvalue weighted by Crippen LogP contribution is 2.47. The smallest absolute Gasteiger partial charge is 0.253 e. The largest absolute Gasteiger partial charge is 0.342 e. The highest BCUT2D eigenvalue weighted by Gasteiger charge is 2.48. The standard InChI is InChI=1S/C29H32Cl2FN3O3/c1-29(11-12-29)28(38)34-13-9-19(10-14-34)27(37)35-16-22(20-5-8-23(30)24(31)15-20)25(17-35)33(2)26(36)18-3-6-21(32)7-4-18/h3-8,15,19,22,25H,9-14,16-17H2,1-2H3. The molecular formula is C29H32Cl2FN3O3. The average Bonchev–Trinajstić information content (AvgIpc) is 3.52. The summed E-state index contributed by atoms with van der Waals surface area (Å²) < 4.78 is 13.4. The van der Waals surface area contributed by atoms with Crippen LogP contribution in [0.1, 0.15) is 54.4 Å². The van der Waals surface area contributed by atoms with Gasteiger partial charge in [0, 0.05) is 56.0 Å². The number of halogens is 3. The number of carbonyl (C=O) groups excluding carboxylic acids is 3. The van der Waals surface area contributed by atoms with Gasteiger partial charge in [0.1, 0.15) is 5.82 Å². The molecule has 0 bridgehead atoms. The van der Waals surface area contributed by atoms with Gasteiger partial charge in [-0.2, -0.15) is 0 Å². The summed E-state index contributed by atoms with van der Waals surface area (Å²) in [5.74, 6) is -0.698. The lowest BCUT2D eigenvalue weighted by Gasteiger charge is -2.34. The molecule has 5 rings (SSSR count). The minimum Gasteiger partial charge on any atom is -0.342 e. The quantitative estimate of drug-likeness (QED) is 0.503. The molecule has 2 atom stereocenters. The van der Waals surface area contributed by atoms with Gasteiger partial charge in [0.2, 0.25) is 11.8 Å². The first-order valence-corrected chi connectivity index (χ1v) is 13.9. The van der Waals surface area contributed by atoms with E-state index in [-0.39, 0.29) is 41.0 Å². The zero-order chi connectivity index (χ0) is 27.2. The molecule has 38 heavy (non-hydrogen) atoms. The average molecular weight is 560 g/mol. The zero-order valence-electron chi connectivity index (χ0n) is 21.6. The minimum absolute atomic E-state index is 0.0601. The van der Waals surface area contributed by atoms with Crippen LogP contribution in [0.15, 0.2) is 42.5 Å². The molecule has 0 aromatic heterocycles. The van der Waals surface area contributed by atoms with Crippen LogP contribution in [-0.4, -0.2) is 71.7 Å². The number of rotatable bonds is 5. The topological polar surface area (TPSA) is 60.9 Å². The predicted molar refractivity (Wildman–Crippen MR) is 145 cm³/mol. The Bertz CT molecular complexity index is 1240. The molecule has 2 unspecified atom stereocenters. The van der Waals surface area contributed by atoms with E-state index in [1.165, 1.54) is 24.3 Å². The third-order valence-corrected chi connectivity index (χ3v) is 9.27. The van der Waals surface area contributed by atoms with Crippen LogP contribution in [0.4, 0.5) is 4.39 Å². The normalized spacial score (nSPS) is 22.9. The summed E-state index contributed by atoms with van der Waals surface area (Å²) in [7, 11) is 1.72. The second-order valence-electron chi connectivity index (χ2n) is 11.1. The van der Waals surface area contributed by atoms with Crippen LogP contribution in [0.5, 0.6) is 0 Å². The molecule has 2 heterocycles. The summed E-state index contributed by atoms with van der Waals surface area (Å²) in [5, 5.41) is 0.858. The molecule has 2 aromatic carbocycles. The number of piperidine rings is 1. The highest BCUT2D eigenvalue weighted by atomic mass is 35.5. The van der Waals surface area contributed by atoms with Crippen LogP contribution < -0.4 is 0 Å². The number of hydrogen-bond acceptors (Lipinski definition) is 3. The van der Waals surface area contributed by atoms with Gasteiger partial charge in [-0.15, -0.1) is 0 Å². The SMILES string of the molecule is CN(C(=O)c1ccc(F)cc1)C1CN(C(=O)C2CCN(C(=O)C3(C)CC3)CC2)CC1c1ccc(Cl)c(Cl)c1. The fraction of sp³-hybridized carbons (Fsp3) is 0.483. The van der Waals surface area contributed by atoms with Crippen molar-refractivity contribution < 1.29 is 18.8 Å². The lowest BCUT2D eigenvalue weighted by Crippen LogP contribution is -2.46. The maximum absolute atomic E-state index is 13.7. The lowest BCUT2D eigenvalue weighted by atomic mass is 9.93. The molecular weight excluding hydrogens is 528 g/mol. The van der Waals surface area contributed by atoms with Gasteiger partial charge < -0.3 is 14.7 Å². The first kappa shape index (κ1) is 26.9. The molecule has 6 nitrogen and oxygen atoms in total. The maximum Gasteiger partial charge on any atom is 0.253 e. The van der Waals surface area contributed by atoms with Crippen molar-refractivity contribution in [1.82, 2.24) is 14.7 Å². The summed E-state index contributed by atoms with van der Waals surface area (Å²) >= 11 is 12.5. The molecule has 0 spiro atoms. The van der Waals surface area contributed by atoms with Crippen molar-refractivity contribution in [2.45, 2.75) is 44.6 Å². The second-order valence-corrected chi connectivity index (χ2v) is 12.0. The first-order valence-electron chi connectivity index (χ1n) is 13.1. The van der Waals surface area contributed by atoms with E-state index in [2.05, 4.69) is 0 Å². The van der Waals surface area contributed by atoms with Gasteiger partial charge in [-0.25, -0.2) is 4.39 Å². The van der Waals surface area contributed by atoms with E-state index < -0.39 is 5.82 Å². The minimum atomic E-state index is -0.408. The molecule has 2 aromatic rings. The van der Waals surface area contributed by atoms with E-state index in [9.17, 15) is 18.8 Å². The van der Waals surface area contributed by atoms with E-state index in [4.69, 9.17) is 23.2 Å². The van der Waals surface area contributed by atoms with Crippen LogP contribution in [0.25, 0.3) is 0 Å². The number of amides is 3. The van der Waals surface area contributed by atoms with Crippen molar-refractivity contribution >= 4 is 40.9 Å². The zero-order valence-corrected chi connectivity index (χ0v) is 23.1.